The average Bonchev–Trinajstić information content (AvgIpc) is 2.96. The number of amides is 2. The van der Waals surface area contributed by atoms with Gasteiger partial charge in [0, 0.05) is 62.9 Å². The fourth-order valence-electron chi connectivity index (χ4n) is 4.57. The van der Waals surface area contributed by atoms with Crippen LogP contribution in [0.4, 0.5) is 16.2 Å². The fourth-order valence-corrected chi connectivity index (χ4v) is 4.57. The van der Waals surface area contributed by atoms with Crippen molar-refractivity contribution in [2.75, 3.05) is 43.9 Å². The Labute approximate surface area is 235 Å². The molecule has 9 nitrogen and oxygen atoms in total. The van der Waals surface area contributed by atoms with Gasteiger partial charge in [-0.2, -0.15) is 0 Å². The number of aromatic nitrogens is 3. The topological polar surface area (TPSA) is 95.5 Å². The molecule has 0 spiro atoms. The third kappa shape index (κ3) is 7.19. The highest BCUT2D eigenvalue weighted by Gasteiger charge is 2.20. The first-order valence-electron chi connectivity index (χ1n) is 13.3. The van der Waals surface area contributed by atoms with Gasteiger partial charge in [-0.15, -0.1) is 0 Å². The summed E-state index contributed by atoms with van der Waals surface area (Å²) in [4.78, 5) is 30.0. The van der Waals surface area contributed by atoms with E-state index in [1.54, 1.807) is 48.8 Å². The zero-order valence-electron chi connectivity index (χ0n) is 22.7. The minimum atomic E-state index is -0.318. The summed E-state index contributed by atoms with van der Waals surface area (Å²) in [6, 6.07) is 20.7. The minimum absolute atomic E-state index is 0.174. The van der Waals surface area contributed by atoms with E-state index in [-0.39, 0.29) is 11.9 Å². The first kappa shape index (κ1) is 27.2. The van der Waals surface area contributed by atoms with E-state index < -0.39 is 0 Å². The van der Waals surface area contributed by atoms with Crippen LogP contribution in [0, 0.1) is 6.92 Å². The Hall–Kier alpha value is -4.34. The number of nitrogens with one attached hydrogen (secondary N) is 2. The van der Waals surface area contributed by atoms with Crippen LogP contribution in [0.2, 0.25) is 0 Å². The molecule has 3 heterocycles. The van der Waals surface area contributed by atoms with Gasteiger partial charge in [0.25, 0.3) is 0 Å². The molecule has 2 aromatic carbocycles. The first-order chi connectivity index (χ1) is 19.4. The third-order valence-corrected chi connectivity index (χ3v) is 7.02. The Morgan fingerprint density at radius 3 is 2.40 bits per heavy atom. The van der Waals surface area contributed by atoms with Crippen LogP contribution in [-0.4, -0.2) is 70.1 Å². The molecule has 40 heavy (non-hydrogen) atoms. The Morgan fingerprint density at radius 2 is 1.70 bits per heavy atom. The molecular weight excluding hydrogens is 502 g/mol. The highest BCUT2D eigenvalue weighted by atomic mass is 16.5. The zero-order chi connectivity index (χ0) is 27.9. The molecule has 9 heteroatoms. The molecule has 2 amide bonds. The lowest BCUT2D eigenvalue weighted by molar-refractivity contribution is 0.106. The van der Waals surface area contributed by atoms with Crippen molar-refractivity contribution in [2.45, 2.75) is 19.4 Å². The number of anilines is 2. The Kier molecular flexibility index (Phi) is 8.63. The Bertz CT molecular complexity index is 1430. The van der Waals surface area contributed by atoms with Gasteiger partial charge in [-0.3, -0.25) is 0 Å². The van der Waals surface area contributed by atoms with Gasteiger partial charge in [-0.05, 0) is 80.6 Å². The van der Waals surface area contributed by atoms with E-state index in [1.165, 1.54) is 5.56 Å². The van der Waals surface area contributed by atoms with Crippen LogP contribution in [0.5, 0.6) is 11.6 Å². The van der Waals surface area contributed by atoms with Gasteiger partial charge >= 0.3 is 6.03 Å². The lowest BCUT2D eigenvalue weighted by Crippen LogP contribution is -2.50. The van der Waals surface area contributed by atoms with Crippen molar-refractivity contribution in [2.24, 2.45) is 0 Å². The van der Waals surface area contributed by atoms with Gasteiger partial charge in [0.05, 0.1) is 11.3 Å². The number of nitrogens with zero attached hydrogens (tertiary/aromatic N) is 5. The summed E-state index contributed by atoms with van der Waals surface area (Å²) in [5.41, 5.74) is 3.93. The van der Waals surface area contributed by atoms with E-state index in [0.29, 0.717) is 34.6 Å². The van der Waals surface area contributed by atoms with E-state index in [9.17, 15) is 4.79 Å². The number of rotatable bonds is 8. The number of carbonyl (C=O) groups is 1. The van der Waals surface area contributed by atoms with Crippen LogP contribution >= 0.6 is 0 Å². The highest BCUT2D eigenvalue weighted by Crippen LogP contribution is 2.30. The summed E-state index contributed by atoms with van der Waals surface area (Å²) in [5, 5.41) is 5.74. The number of urea groups is 1. The average molecular weight is 536 g/mol. The Morgan fingerprint density at radius 1 is 0.975 bits per heavy atom. The normalized spacial score (nSPS) is 15.9. The molecule has 1 aliphatic heterocycles. The van der Waals surface area contributed by atoms with E-state index >= 15 is 0 Å². The number of benzene rings is 2. The predicted molar refractivity (Wildman–Crippen MR) is 157 cm³/mol. The van der Waals surface area contributed by atoms with Crippen molar-refractivity contribution >= 4 is 17.4 Å². The molecule has 1 fully saturated rings. The molecule has 1 unspecified atom stereocenters. The monoisotopic (exact) mass is 535 g/mol. The number of likely N-dealkylation sites (N-methyl/N-ethyl adjacent to an activating group) is 1. The molecule has 1 atom stereocenters. The molecule has 0 aliphatic carbocycles. The molecule has 0 bridgehead atoms. The summed E-state index contributed by atoms with van der Waals surface area (Å²) in [5.74, 6) is 1.13. The van der Waals surface area contributed by atoms with Crippen LogP contribution in [-0.2, 0) is 6.42 Å². The van der Waals surface area contributed by atoms with Crippen molar-refractivity contribution in [3.63, 3.8) is 0 Å². The van der Waals surface area contributed by atoms with Gasteiger partial charge in [0.1, 0.15) is 11.6 Å². The number of pyridine rings is 1. The second-order valence-electron chi connectivity index (χ2n) is 9.94. The maximum Gasteiger partial charge on any atom is 0.323 e. The first-order valence-corrected chi connectivity index (χ1v) is 13.3. The second-order valence-corrected chi connectivity index (χ2v) is 9.94. The van der Waals surface area contributed by atoms with Gasteiger partial charge in [-0.1, -0.05) is 12.1 Å². The van der Waals surface area contributed by atoms with Crippen LogP contribution in [0.1, 0.15) is 18.3 Å². The second kappa shape index (κ2) is 12.7. The van der Waals surface area contributed by atoms with Crippen molar-refractivity contribution in [1.29, 1.82) is 0 Å². The van der Waals surface area contributed by atoms with Crippen molar-refractivity contribution in [3.05, 3.63) is 97.4 Å². The van der Waals surface area contributed by atoms with E-state index in [2.05, 4.69) is 61.5 Å². The predicted octanol–water partition coefficient (Wildman–Crippen LogP) is 5.21. The molecule has 0 saturated carbocycles. The third-order valence-electron chi connectivity index (χ3n) is 7.02. The molecule has 4 aromatic rings. The van der Waals surface area contributed by atoms with Gasteiger partial charge in [0.15, 0.2) is 0 Å². The molecule has 2 radical (unpaired) electrons. The molecule has 2 N–H and O–H groups in total. The van der Waals surface area contributed by atoms with Gasteiger partial charge in [-0.25, -0.2) is 19.7 Å². The van der Waals surface area contributed by atoms with Crippen LogP contribution in [0.25, 0.3) is 11.3 Å². The van der Waals surface area contributed by atoms with Crippen molar-refractivity contribution < 1.29 is 9.53 Å². The molecule has 5 rings (SSSR count). The summed E-state index contributed by atoms with van der Waals surface area (Å²) in [6.45, 7) is 12.4. The SMILES string of the molecule is [CH]c1nccc(-c2cccnc2Oc2ccc(NC(=O)Nc3ccc(CCN4CCN(C)C(C)C4)cc3)cc2)n1. The zero-order valence-corrected chi connectivity index (χ0v) is 22.7. The van der Waals surface area contributed by atoms with Gasteiger partial charge in [0.2, 0.25) is 5.88 Å². The number of hydrogen-bond donors (Lipinski definition) is 2. The fraction of sp³-hybridized carbons (Fsp3) is 0.258. The van der Waals surface area contributed by atoms with E-state index in [4.69, 9.17) is 11.7 Å². The standard InChI is InChI=1S/C31H33N7O2/c1-22-21-38(20-19-37(22)3)18-15-24-6-8-25(9-7-24)35-31(39)36-26-10-12-27(13-11-26)40-30-28(5-4-16-33-30)29-14-17-32-23(2)34-29/h2,4-14,16-17,22H,15,18-21H2,1,3H3,(H2,35,36,39). The number of carbonyl (C=O) groups excluding carboxylic acids is 1. The van der Waals surface area contributed by atoms with Crippen LogP contribution < -0.4 is 15.4 Å². The number of hydrogen-bond acceptors (Lipinski definition) is 7. The summed E-state index contributed by atoms with van der Waals surface area (Å²) < 4.78 is 5.99. The van der Waals surface area contributed by atoms with E-state index in [0.717, 1.165) is 38.3 Å². The lowest BCUT2D eigenvalue weighted by atomic mass is 10.1. The molecular formula is C31H33N7O2. The number of piperazine rings is 1. The van der Waals surface area contributed by atoms with Crippen molar-refractivity contribution in [3.8, 4) is 22.9 Å². The van der Waals surface area contributed by atoms with Gasteiger partial charge < -0.3 is 25.2 Å². The smallest absolute Gasteiger partial charge is 0.323 e. The lowest BCUT2D eigenvalue weighted by Gasteiger charge is -2.37. The summed E-state index contributed by atoms with van der Waals surface area (Å²) >= 11 is 0. The van der Waals surface area contributed by atoms with Crippen LogP contribution in [0.3, 0.4) is 0 Å². The maximum atomic E-state index is 12.6. The van der Waals surface area contributed by atoms with Crippen molar-refractivity contribution in [1.82, 2.24) is 24.8 Å². The molecule has 2 aromatic heterocycles. The number of ether oxygens (including phenoxy) is 1. The molecule has 1 saturated heterocycles. The minimum Gasteiger partial charge on any atom is -0.438 e. The summed E-state index contributed by atoms with van der Waals surface area (Å²) in [6.07, 6.45) is 4.22. The largest absolute Gasteiger partial charge is 0.438 e. The summed E-state index contributed by atoms with van der Waals surface area (Å²) in [7, 11) is 2.19. The Balaban J connectivity index is 1.12. The van der Waals surface area contributed by atoms with Crippen LogP contribution in [0.15, 0.2) is 79.1 Å². The maximum absolute atomic E-state index is 12.6. The highest BCUT2D eigenvalue weighted by molar-refractivity contribution is 5.99. The molecule has 1 aliphatic rings. The van der Waals surface area contributed by atoms with E-state index in [1.807, 2.05) is 18.2 Å². The quantitative estimate of drug-likeness (QED) is 0.320. The molecule has 204 valence electrons.